The van der Waals surface area contributed by atoms with Crippen LogP contribution < -0.4 is 5.32 Å². The minimum absolute atomic E-state index is 0.0388. The number of nitrogens with zero attached hydrogens (tertiary/aromatic N) is 1. The number of carbonyl (C=O) groups excluding carboxylic acids is 2. The molecule has 1 amide bonds. The molecule has 0 spiro atoms. The van der Waals surface area contributed by atoms with Crippen molar-refractivity contribution in [3.63, 3.8) is 0 Å². The number of aromatic nitrogens is 1. The zero-order valence-electron chi connectivity index (χ0n) is 14.9. The Morgan fingerprint density at radius 2 is 1.84 bits per heavy atom. The molecule has 0 aliphatic rings. The number of hydrogen-bond donors (Lipinski definition) is 1. The monoisotopic (exact) mass is 364 g/mol. The number of esters is 1. The van der Waals surface area contributed by atoms with Crippen LogP contribution in [0.3, 0.4) is 0 Å². The van der Waals surface area contributed by atoms with Gasteiger partial charge in [0.05, 0.1) is 6.61 Å². The van der Waals surface area contributed by atoms with Crippen molar-refractivity contribution in [2.75, 3.05) is 6.61 Å². The summed E-state index contributed by atoms with van der Waals surface area (Å²) in [7, 11) is 0. The average molecular weight is 364 g/mol. The van der Waals surface area contributed by atoms with Crippen molar-refractivity contribution < 1.29 is 32.2 Å². The van der Waals surface area contributed by atoms with E-state index in [9.17, 15) is 22.8 Å². The molecule has 6 nitrogen and oxygen atoms in total. The summed E-state index contributed by atoms with van der Waals surface area (Å²) in [5.74, 6) is -0.859. The fourth-order valence-electron chi connectivity index (χ4n) is 2.12. The van der Waals surface area contributed by atoms with Crippen molar-refractivity contribution in [1.82, 2.24) is 9.88 Å². The molecule has 0 fully saturated rings. The molecule has 1 aromatic heterocycles. The van der Waals surface area contributed by atoms with Crippen LogP contribution in [0.2, 0.25) is 0 Å². The standard InChI is InChI=1S/C16H23F3N2O4/c1-6-24-13(22)11-7-8-12(16(17,18)19)21(11)9-10(2)20-14(23)25-15(3,4)5/h7-8,10H,6,9H2,1-5H3,(H,20,23). The molecule has 0 aliphatic carbocycles. The molecule has 1 rings (SSSR count). The van der Waals surface area contributed by atoms with Gasteiger partial charge in [0.15, 0.2) is 0 Å². The fourth-order valence-corrected chi connectivity index (χ4v) is 2.12. The van der Waals surface area contributed by atoms with Crippen molar-refractivity contribution in [3.05, 3.63) is 23.5 Å². The molecular formula is C16H23F3N2O4. The Kier molecular flexibility index (Phi) is 6.50. The molecule has 142 valence electrons. The van der Waals surface area contributed by atoms with E-state index in [1.807, 2.05) is 0 Å². The second-order valence-corrected chi connectivity index (χ2v) is 6.48. The van der Waals surface area contributed by atoms with Crippen molar-refractivity contribution in [2.45, 2.75) is 59.0 Å². The zero-order chi connectivity index (χ0) is 19.4. The minimum Gasteiger partial charge on any atom is -0.461 e. The lowest BCUT2D eigenvalue weighted by molar-refractivity contribution is -0.143. The molecule has 0 aromatic carbocycles. The van der Waals surface area contributed by atoms with E-state index in [1.165, 1.54) is 6.92 Å². The van der Waals surface area contributed by atoms with Crippen LogP contribution in [0.1, 0.15) is 50.8 Å². The van der Waals surface area contributed by atoms with Gasteiger partial charge in [-0.25, -0.2) is 9.59 Å². The highest BCUT2D eigenvalue weighted by molar-refractivity contribution is 5.88. The van der Waals surface area contributed by atoms with Gasteiger partial charge in [0.2, 0.25) is 0 Å². The quantitative estimate of drug-likeness (QED) is 0.811. The highest BCUT2D eigenvalue weighted by Crippen LogP contribution is 2.31. The van der Waals surface area contributed by atoms with E-state index in [0.29, 0.717) is 0 Å². The summed E-state index contributed by atoms with van der Waals surface area (Å²) in [6, 6.07) is 1.16. The summed E-state index contributed by atoms with van der Waals surface area (Å²) in [5, 5.41) is 2.45. The van der Waals surface area contributed by atoms with E-state index in [0.717, 1.165) is 16.7 Å². The van der Waals surface area contributed by atoms with Gasteiger partial charge in [-0.3, -0.25) is 0 Å². The summed E-state index contributed by atoms with van der Waals surface area (Å²) in [5.41, 5.74) is -1.95. The second-order valence-electron chi connectivity index (χ2n) is 6.48. The number of alkyl carbamates (subject to hydrolysis) is 1. The number of hydrogen-bond acceptors (Lipinski definition) is 4. The largest absolute Gasteiger partial charge is 0.461 e. The van der Waals surface area contributed by atoms with Gasteiger partial charge in [-0.2, -0.15) is 13.2 Å². The van der Waals surface area contributed by atoms with Crippen molar-refractivity contribution >= 4 is 12.1 Å². The first kappa shape index (κ1) is 20.9. The minimum atomic E-state index is -4.64. The van der Waals surface area contributed by atoms with Gasteiger partial charge in [0, 0.05) is 12.6 Å². The molecule has 0 saturated carbocycles. The third kappa shape index (κ3) is 6.32. The Morgan fingerprint density at radius 3 is 2.32 bits per heavy atom. The zero-order valence-corrected chi connectivity index (χ0v) is 14.9. The van der Waals surface area contributed by atoms with Crippen LogP contribution in [-0.2, 0) is 22.2 Å². The maximum atomic E-state index is 13.2. The highest BCUT2D eigenvalue weighted by Gasteiger charge is 2.36. The van der Waals surface area contributed by atoms with E-state index in [2.05, 4.69) is 5.32 Å². The summed E-state index contributed by atoms with van der Waals surface area (Å²) >= 11 is 0. The Bertz CT molecular complexity index is 618. The van der Waals surface area contributed by atoms with Crippen molar-refractivity contribution in [1.29, 1.82) is 0 Å². The molecule has 1 heterocycles. The number of halogens is 3. The summed E-state index contributed by atoms with van der Waals surface area (Å²) < 4.78 is 50.1. The van der Waals surface area contributed by atoms with Gasteiger partial charge >= 0.3 is 18.2 Å². The van der Waals surface area contributed by atoms with E-state index in [4.69, 9.17) is 9.47 Å². The number of amides is 1. The topological polar surface area (TPSA) is 69.6 Å². The second kappa shape index (κ2) is 7.79. The predicted molar refractivity (Wildman–Crippen MR) is 84.2 cm³/mol. The Morgan fingerprint density at radius 1 is 1.24 bits per heavy atom. The molecule has 1 unspecified atom stereocenters. The molecule has 1 aromatic rings. The summed E-state index contributed by atoms with van der Waals surface area (Å²) in [6.45, 7) is 7.85. The Labute approximate surface area is 144 Å². The number of rotatable bonds is 5. The van der Waals surface area contributed by atoms with Crippen LogP contribution in [-0.4, -0.2) is 34.9 Å². The maximum Gasteiger partial charge on any atom is 0.431 e. The first-order valence-electron chi connectivity index (χ1n) is 7.78. The van der Waals surface area contributed by atoms with Crippen LogP contribution in [0.15, 0.2) is 12.1 Å². The van der Waals surface area contributed by atoms with E-state index in [1.54, 1.807) is 27.7 Å². The van der Waals surface area contributed by atoms with Gasteiger partial charge in [0.1, 0.15) is 17.0 Å². The average Bonchev–Trinajstić information content (AvgIpc) is 2.79. The molecular weight excluding hydrogens is 341 g/mol. The van der Waals surface area contributed by atoms with Crippen LogP contribution in [0.4, 0.5) is 18.0 Å². The smallest absolute Gasteiger partial charge is 0.431 e. The van der Waals surface area contributed by atoms with Crippen LogP contribution in [0.5, 0.6) is 0 Å². The maximum absolute atomic E-state index is 13.2. The third-order valence-corrected chi connectivity index (χ3v) is 2.98. The van der Waals surface area contributed by atoms with E-state index in [-0.39, 0.29) is 18.8 Å². The summed E-state index contributed by atoms with van der Waals surface area (Å²) in [6.07, 6.45) is -5.39. The van der Waals surface area contributed by atoms with Crippen LogP contribution in [0.25, 0.3) is 0 Å². The first-order valence-corrected chi connectivity index (χ1v) is 7.78. The van der Waals surface area contributed by atoms with Gasteiger partial charge < -0.3 is 19.4 Å². The Balaban J connectivity index is 3.00. The number of carbonyl (C=O) groups is 2. The van der Waals surface area contributed by atoms with E-state index < -0.39 is 35.6 Å². The fraction of sp³-hybridized carbons (Fsp3) is 0.625. The molecule has 0 radical (unpaired) electrons. The lowest BCUT2D eigenvalue weighted by Crippen LogP contribution is -2.40. The molecule has 0 bridgehead atoms. The highest BCUT2D eigenvalue weighted by atomic mass is 19.4. The van der Waals surface area contributed by atoms with E-state index >= 15 is 0 Å². The van der Waals surface area contributed by atoms with Crippen LogP contribution in [0, 0.1) is 0 Å². The SMILES string of the molecule is CCOC(=O)c1ccc(C(F)(F)F)n1CC(C)NC(=O)OC(C)(C)C. The normalized spacial score (nSPS) is 13.3. The number of ether oxygens (including phenoxy) is 2. The molecule has 1 N–H and O–H groups in total. The summed E-state index contributed by atoms with van der Waals surface area (Å²) in [4.78, 5) is 23.6. The number of alkyl halides is 3. The lowest BCUT2D eigenvalue weighted by Gasteiger charge is -2.23. The number of nitrogens with one attached hydrogen (secondary N) is 1. The van der Waals surface area contributed by atoms with Crippen LogP contribution >= 0.6 is 0 Å². The predicted octanol–water partition coefficient (Wildman–Crippen LogP) is 3.60. The van der Waals surface area contributed by atoms with Gasteiger partial charge in [-0.05, 0) is 46.8 Å². The molecule has 0 aliphatic heterocycles. The van der Waals surface area contributed by atoms with Gasteiger partial charge in [0.25, 0.3) is 0 Å². The molecule has 9 heteroatoms. The molecule has 25 heavy (non-hydrogen) atoms. The third-order valence-electron chi connectivity index (χ3n) is 2.98. The van der Waals surface area contributed by atoms with Crippen molar-refractivity contribution in [3.8, 4) is 0 Å². The lowest BCUT2D eigenvalue weighted by atomic mass is 10.2. The van der Waals surface area contributed by atoms with Crippen molar-refractivity contribution in [2.24, 2.45) is 0 Å². The Hall–Kier alpha value is -2.19. The molecule has 1 atom stereocenters. The first-order chi connectivity index (χ1) is 11.3. The molecule has 0 saturated heterocycles. The van der Waals surface area contributed by atoms with Gasteiger partial charge in [-0.15, -0.1) is 0 Å². The van der Waals surface area contributed by atoms with Gasteiger partial charge in [-0.1, -0.05) is 0 Å².